The molecule has 0 aromatic carbocycles. The molecule has 0 atom stereocenters. The minimum atomic E-state index is -1.08. The van der Waals surface area contributed by atoms with Crippen molar-refractivity contribution in [3.8, 4) is 0 Å². The van der Waals surface area contributed by atoms with Crippen LogP contribution in [-0.4, -0.2) is 5.97 Å². The fraction of sp³-hybridized carbons (Fsp3) is 0.500. The number of carbonyl (C=O) groups excluding carboxylic acids is 1. The van der Waals surface area contributed by atoms with Crippen LogP contribution < -0.4 is 34.7 Å². The van der Waals surface area contributed by atoms with Crippen LogP contribution in [0.15, 0.2) is 0 Å². The van der Waals surface area contributed by atoms with E-state index in [0.717, 1.165) is 6.92 Å². The van der Waals surface area contributed by atoms with Crippen LogP contribution in [0.1, 0.15) is 6.92 Å². The maximum Gasteiger partial charge on any atom is 2.00 e. The van der Waals surface area contributed by atoms with Gasteiger partial charge in [-0.1, -0.05) is 0 Å². The van der Waals surface area contributed by atoms with E-state index in [9.17, 15) is 0 Å². The molecular formula is C2H3NaNiO2+2. The molecule has 0 fully saturated rings. The summed E-state index contributed by atoms with van der Waals surface area (Å²) in [7, 11) is 0. The van der Waals surface area contributed by atoms with Crippen molar-refractivity contribution >= 4 is 5.97 Å². The quantitative estimate of drug-likeness (QED) is 0.320. The van der Waals surface area contributed by atoms with Crippen LogP contribution in [-0.2, 0) is 21.3 Å². The van der Waals surface area contributed by atoms with E-state index in [2.05, 4.69) is 0 Å². The molecule has 2 nitrogen and oxygen atoms in total. The summed E-state index contributed by atoms with van der Waals surface area (Å²) in [6, 6.07) is 0. The first kappa shape index (κ1) is 15.8. The van der Waals surface area contributed by atoms with Gasteiger partial charge in [-0.15, -0.1) is 0 Å². The Bertz CT molecular complexity index is 34.5. The minimum absolute atomic E-state index is 0. The maximum atomic E-state index is 8.89. The molecule has 0 aromatic rings. The molecule has 0 bridgehead atoms. The zero-order chi connectivity index (χ0) is 3.58. The molecule has 0 N–H and O–H groups in total. The Balaban J connectivity index is -0.0000000450. The van der Waals surface area contributed by atoms with Gasteiger partial charge in [-0.25, -0.2) is 0 Å². The van der Waals surface area contributed by atoms with Crippen molar-refractivity contribution in [2.75, 3.05) is 0 Å². The Labute approximate surface area is 68.5 Å². The number of hydrogen-bond donors (Lipinski definition) is 0. The van der Waals surface area contributed by atoms with Gasteiger partial charge in [0, 0.05) is 5.97 Å². The van der Waals surface area contributed by atoms with E-state index in [0.29, 0.717) is 0 Å². The minimum Gasteiger partial charge on any atom is -0.550 e. The van der Waals surface area contributed by atoms with E-state index in [1.54, 1.807) is 0 Å². The molecule has 0 saturated heterocycles. The second-order valence-electron chi connectivity index (χ2n) is 0.492. The number of aliphatic carboxylic acids is 1. The summed E-state index contributed by atoms with van der Waals surface area (Å²) < 4.78 is 0. The van der Waals surface area contributed by atoms with Gasteiger partial charge in [0.05, 0.1) is 0 Å². The molecule has 0 aromatic heterocycles. The standard InChI is InChI=1S/C2H4O2.Na.Ni/c1-2(3)4;;/h1H3,(H,3,4);;/q;+1;+2/p-1. The van der Waals surface area contributed by atoms with Crippen molar-refractivity contribution in [2.24, 2.45) is 0 Å². The second-order valence-corrected chi connectivity index (χ2v) is 0.492. The monoisotopic (exact) mass is 140 g/mol. The predicted molar refractivity (Wildman–Crippen MR) is 10.7 cm³/mol. The molecule has 0 spiro atoms. The van der Waals surface area contributed by atoms with E-state index >= 15 is 0 Å². The smallest absolute Gasteiger partial charge is 0.550 e. The summed E-state index contributed by atoms with van der Waals surface area (Å²) in [6.07, 6.45) is 0. The fourth-order valence-corrected chi connectivity index (χ4v) is 0. The summed E-state index contributed by atoms with van der Waals surface area (Å²) in [4.78, 5) is 8.89. The Morgan fingerprint density at radius 2 is 1.67 bits per heavy atom. The van der Waals surface area contributed by atoms with Crippen LogP contribution in [0, 0.1) is 0 Å². The molecule has 0 saturated carbocycles. The van der Waals surface area contributed by atoms with Crippen LogP contribution >= 0.6 is 0 Å². The van der Waals surface area contributed by atoms with E-state index in [-0.39, 0.29) is 46.0 Å². The van der Waals surface area contributed by atoms with E-state index in [4.69, 9.17) is 9.90 Å². The molecule has 0 amide bonds. The number of carboxylic acid groups (broad SMARTS) is 1. The topological polar surface area (TPSA) is 40.1 Å². The van der Waals surface area contributed by atoms with E-state index in [1.807, 2.05) is 0 Å². The number of rotatable bonds is 0. The van der Waals surface area contributed by atoms with Crippen molar-refractivity contribution < 1.29 is 55.9 Å². The van der Waals surface area contributed by atoms with Gasteiger partial charge < -0.3 is 9.90 Å². The number of carboxylic acids is 1. The first-order valence-electron chi connectivity index (χ1n) is 0.908. The van der Waals surface area contributed by atoms with Crippen LogP contribution in [0.5, 0.6) is 0 Å². The summed E-state index contributed by atoms with van der Waals surface area (Å²) in [5.41, 5.74) is 0. The molecule has 0 heterocycles. The zero-order valence-corrected chi connectivity index (χ0v) is 6.62. The van der Waals surface area contributed by atoms with Crippen LogP contribution in [0.2, 0.25) is 0 Å². The summed E-state index contributed by atoms with van der Waals surface area (Å²) in [5.74, 6) is -1.08. The Morgan fingerprint density at radius 1 is 1.67 bits per heavy atom. The maximum absolute atomic E-state index is 8.89. The molecule has 0 aliphatic heterocycles. The van der Waals surface area contributed by atoms with E-state index in [1.165, 1.54) is 0 Å². The molecule has 0 unspecified atom stereocenters. The Hall–Kier alpha value is 0.964. The van der Waals surface area contributed by atoms with Gasteiger partial charge in [0.15, 0.2) is 0 Å². The van der Waals surface area contributed by atoms with Crippen LogP contribution in [0.4, 0.5) is 0 Å². The number of carbonyl (C=O) groups is 1. The largest absolute Gasteiger partial charge is 2.00 e. The van der Waals surface area contributed by atoms with Gasteiger partial charge in [0.25, 0.3) is 0 Å². The first-order valence-corrected chi connectivity index (χ1v) is 0.908. The third-order valence-corrected chi connectivity index (χ3v) is 0. The van der Waals surface area contributed by atoms with Crippen molar-refractivity contribution in [1.29, 1.82) is 0 Å². The van der Waals surface area contributed by atoms with Crippen molar-refractivity contribution in [3.05, 3.63) is 0 Å². The SMILES string of the molecule is CC(=O)[O-].[Na+].[Ni+2]. The van der Waals surface area contributed by atoms with Crippen molar-refractivity contribution in [1.82, 2.24) is 0 Å². The summed E-state index contributed by atoms with van der Waals surface area (Å²) in [6.45, 7) is 0.972. The predicted octanol–water partition coefficient (Wildman–Crippen LogP) is -4.24. The average Bonchev–Trinajstić information content (AvgIpc) is 0.811. The molecule has 0 aliphatic carbocycles. The third kappa shape index (κ3) is 84.0. The van der Waals surface area contributed by atoms with Gasteiger partial charge in [0.2, 0.25) is 0 Å². The molecule has 4 heteroatoms. The fourth-order valence-electron chi connectivity index (χ4n) is 0. The van der Waals surface area contributed by atoms with Gasteiger partial charge in [-0.2, -0.15) is 0 Å². The van der Waals surface area contributed by atoms with E-state index < -0.39 is 5.97 Å². The van der Waals surface area contributed by atoms with Gasteiger partial charge in [-0.3, -0.25) is 0 Å². The molecule has 6 heavy (non-hydrogen) atoms. The normalized spacial score (nSPS) is 4.17. The first-order chi connectivity index (χ1) is 1.73. The Morgan fingerprint density at radius 3 is 1.67 bits per heavy atom. The van der Waals surface area contributed by atoms with Crippen LogP contribution in [0.3, 0.4) is 0 Å². The average molecular weight is 141 g/mol. The molecular weight excluding hydrogens is 138 g/mol. The van der Waals surface area contributed by atoms with Crippen molar-refractivity contribution in [3.63, 3.8) is 0 Å². The van der Waals surface area contributed by atoms with Gasteiger partial charge in [-0.05, 0) is 6.92 Å². The molecule has 0 radical (unpaired) electrons. The third-order valence-electron chi connectivity index (χ3n) is 0. The zero-order valence-electron chi connectivity index (χ0n) is 3.63. The molecule has 32 valence electrons. The summed E-state index contributed by atoms with van der Waals surface area (Å²) >= 11 is 0. The second kappa shape index (κ2) is 9.35. The molecule has 0 rings (SSSR count). The Kier molecular flexibility index (Phi) is 24.6. The van der Waals surface area contributed by atoms with Crippen molar-refractivity contribution in [2.45, 2.75) is 6.92 Å². The number of hydrogen-bond acceptors (Lipinski definition) is 2. The van der Waals surface area contributed by atoms with Gasteiger partial charge in [0.1, 0.15) is 0 Å². The summed E-state index contributed by atoms with van der Waals surface area (Å²) in [5, 5.41) is 8.89. The van der Waals surface area contributed by atoms with Gasteiger partial charge >= 0.3 is 46.0 Å². The molecule has 0 aliphatic rings. The van der Waals surface area contributed by atoms with Crippen LogP contribution in [0.25, 0.3) is 0 Å².